The number of ether oxygens (including phenoxy) is 1. The van der Waals surface area contributed by atoms with Gasteiger partial charge in [0.05, 0.1) is 12.2 Å². The molecule has 6 heteroatoms. The molecule has 2 aromatic carbocycles. The van der Waals surface area contributed by atoms with Crippen molar-refractivity contribution in [3.63, 3.8) is 0 Å². The Morgan fingerprint density at radius 2 is 1.78 bits per heavy atom. The summed E-state index contributed by atoms with van der Waals surface area (Å²) in [5.74, 6) is -0.418. The Morgan fingerprint density at radius 1 is 1.09 bits per heavy atom. The van der Waals surface area contributed by atoms with Crippen LogP contribution in [0.2, 0.25) is 0 Å². The van der Waals surface area contributed by atoms with Crippen molar-refractivity contribution in [3.8, 4) is 5.75 Å². The van der Waals surface area contributed by atoms with Gasteiger partial charge < -0.3 is 15.4 Å². The topological polar surface area (TPSA) is 50.4 Å². The number of rotatable bonds is 6. The lowest BCUT2D eigenvalue weighted by molar-refractivity contribution is -0.114. The van der Waals surface area contributed by atoms with Crippen LogP contribution in [0.3, 0.4) is 0 Å². The molecule has 0 radical (unpaired) electrons. The van der Waals surface area contributed by atoms with Gasteiger partial charge in [-0.15, -0.1) is 0 Å². The van der Waals surface area contributed by atoms with Crippen LogP contribution in [0.4, 0.5) is 20.2 Å². The number of benzene rings is 2. The van der Waals surface area contributed by atoms with Crippen molar-refractivity contribution in [1.82, 2.24) is 0 Å². The number of aryl methyl sites for hydroxylation is 1. The van der Waals surface area contributed by atoms with Gasteiger partial charge in [-0.25, -0.2) is 0 Å². The van der Waals surface area contributed by atoms with Crippen molar-refractivity contribution in [1.29, 1.82) is 0 Å². The smallest absolute Gasteiger partial charge is 0.387 e. The second-order valence-electron chi connectivity index (χ2n) is 5.02. The third-order valence-electron chi connectivity index (χ3n) is 3.42. The lowest BCUT2D eigenvalue weighted by Gasteiger charge is -2.13. The summed E-state index contributed by atoms with van der Waals surface area (Å²) in [6.45, 7) is 1.02. The van der Waals surface area contributed by atoms with E-state index in [1.807, 2.05) is 32.0 Å². The summed E-state index contributed by atoms with van der Waals surface area (Å²) in [6, 6.07) is 11.8. The highest BCUT2D eigenvalue weighted by Crippen LogP contribution is 2.25. The quantitative estimate of drug-likeness (QED) is 0.847. The molecule has 23 heavy (non-hydrogen) atoms. The molecule has 2 rings (SSSR count). The maximum Gasteiger partial charge on any atom is 0.387 e. The number of anilines is 2. The van der Waals surface area contributed by atoms with E-state index in [0.29, 0.717) is 0 Å². The zero-order valence-electron chi connectivity index (χ0n) is 12.9. The minimum atomic E-state index is -2.94. The zero-order valence-corrected chi connectivity index (χ0v) is 12.9. The van der Waals surface area contributed by atoms with E-state index in [4.69, 9.17) is 0 Å². The molecule has 0 aliphatic heterocycles. The number of carbonyl (C=O) groups is 1. The van der Waals surface area contributed by atoms with Gasteiger partial charge in [-0.3, -0.25) is 4.79 Å². The van der Waals surface area contributed by atoms with Crippen LogP contribution >= 0.6 is 0 Å². The Labute approximate surface area is 133 Å². The third kappa shape index (κ3) is 4.67. The largest absolute Gasteiger partial charge is 0.433 e. The molecule has 2 N–H and O–H groups in total. The predicted molar refractivity (Wildman–Crippen MR) is 86.1 cm³/mol. The lowest BCUT2D eigenvalue weighted by Crippen LogP contribution is -2.22. The van der Waals surface area contributed by atoms with Gasteiger partial charge in [0.25, 0.3) is 0 Å². The van der Waals surface area contributed by atoms with E-state index in [9.17, 15) is 13.6 Å². The summed E-state index contributed by atoms with van der Waals surface area (Å²) in [6.07, 6.45) is 0. The highest BCUT2D eigenvalue weighted by molar-refractivity contribution is 5.95. The molecule has 0 spiro atoms. The summed E-state index contributed by atoms with van der Waals surface area (Å²) in [4.78, 5) is 12.0. The van der Waals surface area contributed by atoms with Gasteiger partial charge >= 0.3 is 6.61 Å². The maximum atomic E-state index is 12.3. The van der Waals surface area contributed by atoms with E-state index in [-0.39, 0.29) is 23.9 Å². The molecule has 0 aliphatic carbocycles. The highest BCUT2D eigenvalue weighted by Gasteiger charge is 2.11. The molecule has 0 saturated heterocycles. The molecular formula is C17H18F2N2O2. The first kappa shape index (κ1) is 16.7. The Hall–Kier alpha value is -2.63. The predicted octanol–water partition coefficient (Wildman–Crippen LogP) is 3.96. The van der Waals surface area contributed by atoms with Crippen molar-refractivity contribution in [3.05, 3.63) is 53.6 Å². The van der Waals surface area contributed by atoms with Gasteiger partial charge in [-0.1, -0.05) is 24.3 Å². The number of hydrogen-bond donors (Lipinski definition) is 2. The Bertz CT molecular complexity index is 690. The number of para-hydroxylation sites is 2. The van der Waals surface area contributed by atoms with Crippen LogP contribution in [0.25, 0.3) is 0 Å². The van der Waals surface area contributed by atoms with Gasteiger partial charge in [0.2, 0.25) is 5.91 Å². The van der Waals surface area contributed by atoms with Gasteiger partial charge in [0.15, 0.2) is 0 Å². The minimum absolute atomic E-state index is 0.0211. The van der Waals surface area contributed by atoms with Gasteiger partial charge in [0, 0.05) is 5.69 Å². The number of nitrogens with one attached hydrogen (secondary N) is 2. The van der Waals surface area contributed by atoms with E-state index in [1.165, 1.54) is 12.1 Å². The average molecular weight is 320 g/mol. The molecule has 0 aromatic heterocycles. The SMILES string of the molecule is Cc1cccc(NCC(=O)Nc2ccccc2OC(F)F)c1C. The van der Waals surface area contributed by atoms with Crippen LogP contribution in [0, 0.1) is 13.8 Å². The lowest BCUT2D eigenvalue weighted by atomic mass is 10.1. The van der Waals surface area contributed by atoms with Gasteiger partial charge in [-0.05, 0) is 43.2 Å². The molecule has 122 valence electrons. The Kier molecular flexibility index (Phi) is 5.51. The maximum absolute atomic E-state index is 12.3. The zero-order chi connectivity index (χ0) is 16.8. The average Bonchev–Trinajstić information content (AvgIpc) is 2.50. The normalized spacial score (nSPS) is 10.5. The summed E-state index contributed by atoms with van der Waals surface area (Å²) in [5.41, 5.74) is 3.24. The van der Waals surface area contributed by atoms with Gasteiger partial charge in [-0.2, -0.15) is 8.78 Å². The van der Waals surface area contributed by atoms with Crippen molar-refractivity contribution < 1.29 is 18.3 Å². The van der Waals surface area contributed by atoms with E-state index >= 15 is 0 Å². The minimum Gasteiger partial charge on any atom is -0.433 e. The molecule has 1 amide bonds. The first-order valence-corrected chi connectivity index (χ1v) is 7.11. The van der Waals surface area contributed by atoms with Crippen LogP contribution in [-0.2, 0) is 4.79 Å². The van der Waals surface area contributed by atoms with E-state index < -0.39 is 6.61 Å². The van der Waals surface area contributed by atoms with E-state index in [1.54, 1.807) is 12.1 Å². The molecule has 0 atom stereocenters. The fraction of sp³-hybridized carbons (Fsp3) is 0.235. The number of alkyl halides is 2. The second-order valence-corrected chi connectivity index (χ2v) is 5.02. The molecule has 2 aromatic rings. The molecule has 0 aliphatic rings. The van der Waals surface area contributed by atoms with E-state index in [2.05, 4.69) is 15.4 Å². The van der Waals surface area contributed by atoms with Crippen LogP contribution in [0.1, 0.15) is 11.1 Å². The van der Waals surface area contributed by atoms with Gasteiger partial charge in [0.1, 0.15) is 5.75 Å². The van der Waals surface area contributed by atoms with Crippen LogP contribution < -0.4 is 15.4 Å². The van der Waals surface area contributed by atoms with Crippen LogP contribution in [-0.4, -0.2) is 19.1 Å². The molecule has 0 heterocycles. The summed E-state index contributed by atoms with van der Waals surface area (Å²) < 4.78 is 29.1. The molecule has 0 fully saturated rings. The second kappa shape index (κ2) is 7.58. The van der Waals surface area contributed by atoms with Crippen LogP contribution in [0.15, 0.2) is 42.5 Å². The van der Waals surface area contributed by atoms with E-state index in [0.717, 1.165) is 16.8 Å². The standard InChI is InChI=1S/C17H18F2N2O2/c1-11-6-5-8-13(12(11)2)20-10-16(22)21-14-7-3-4-9-15(14)23-17(18)19/h3-9,17,20H,10H2,1-2H3,(H,21,22). The Balaban J connectivity index is 1.99. The monoisotopic (exact) mass is 320 g/mol. The Morgan fingerprint density at radius 3 is 2.52 bits per heavy atom. The van der Waals surface area contributed by atoms with Crippen molar-refractivity contribution >= 4 is 17.3 Å². The highest BCUT2D eigenvalue weighted by atomic mass is 19.3. The summed E-state index contributed by atoms with van der Waals surface area (Å²) in [7, 11) is 0. The molecule has 0 unspecified atom stereocenters. The fourth-order valence-electron chi connectivity index (χ4n) is 2.08. The van der Waals surface area contributed by atoms with Crippen molar-refractivity contribution in [2.45, 2.75) is 20.5 Å². The molecular weight excluding hydrogens is 302 g/mol. The van der Waals surface area contributed by atoms with Crippen molar-refractivity contribution in [2.75, 3.05) is 17.2 Å². The number of carbonyl (C=O) groups excluding carboxylic acids is 1. The fourth-order valence-corrected chi connectivity index (χ4v) is 2.08. The molecule has 0 bridgehead atoms. The van der Waals surface area contributed by atoms with Crippen LogP contribution in [0.5, 0.6) is 5.75 Å². The first-order valence-electron chi connectivity index (χ1n) is 7.11. The van der Waals surface area contributed by atoms with Crippen molar-refractivity contribution in [2.24, 2.45) is 0 Å². The third-order valence-corrected chi connectivity index (χ3v) is 3.42. The number of hydrogen-bond acceptors (Lipinski definition) is 3. The molecule has 0 saturated carbocycles. The summed E-state index contributed by atoms with van der Waals surface area (Å²) in [5, 5.41) is 5.59. The first-order chi connectivity index (χ1) is 11.0. The number of amides is 1. The molecule has 4 nitrogen and oxygen atoms in total. The summed E-state index contributed by atoms with van der Waals surface area (Å²) >= 11 is 0. The number of halogens is 2.